The molecular weight excluding hydrogens is 244 g/mol. The van der Waals surface area contributed by atoms with Crippen LogP contribution >= 0.6 is 0 Å². The SMILES string of the molecule is CC(C)Nc1cc(C(=O)O)nc(-c2cccnc2)n1. The standard InChI is InChI=1S/C13H14N4O2/c1-8(2)15-11-6-10(13(18)19)16-12(17-11)9-4-3-5-14-7-9/h3-8H,1-2H3,(H,18,19)(H,15,16,17). The Morgan fingerprint density at radius 1 is 1.37 bits per heavy atom. The van der Waals surface area contributed by atoms with Gasteiger partial charge in [0.25, 0.3) is 0 Å². The van der Waals surface area contributed by atoms with E-state index in [0.29, 0.717) is 17.2 Å². The Labute approximate surface area is 110 Å². The number of pyridine rings is 1. The molecule has 0 saturated heterocycles. The fraction of sp³-hybridized carbons (Fsp3) is 0.231. The first kappa shape index (κ1) is 12.9. The zero-order chi connectivity index (χ0) is 13.8. The highest BCUT2D eigenvalue weighted by atomic mass is 16.4. The van der Waals surface area contributed by atoms with Gasteiger partial charge in [-0.1, -0.05) is 0 Å². The lowest BCUT2D eigenvalue weighted by Crippen LogP contribution is -2.13. The predicted molar refractivity (Wildman–Crippen MR) is 71.0 cm³/mol. The lowest BCUT2D eigenvalue weighted by atomic mass is 10.2. The third kappa shape index (κ3) is 3.25. The van der Waals surface area contributed by atoms with E-state index in [9.17, 15) is 4.79 Å². The summed E-state index contributed by atoms with van der Waals surface area (Å²) in [7, 11) is 0. The number of rotatable bonds is 4. The molecule has 98 valence electrons. The number of carboxylic acids is 1. The van der Waals surface area contributed by atoms with Crippen LogP contribution in [-0.4, -0.2) is 32.1 Å². The maximum absolute atomic E-state index is 11.1. The molecule has 0 aliphatic heterocycles. The van der Waals surface area contributed by atoms with Crippen LogP contribution in [-0.2, 0) is 0 Å². The minimum Gasteiger partial charge on any atom is -0.477 e. The molecule has 0 aromatic carbocycles. The molecular formula is C13H14N4O2. The van der Waals surface area contributed by atoms with Crippen LogP contribution in [0.3, 0.4) is 0 Å². The van der Waals surface area contributed by atoms with Crippen LogP contribution in [0.15, 0.2) is 30.6 Å². The molecule has 2 aromatic heterocycles. The van der Waals surface area contributed by atoms with Crippen molar-refractivity contribution < 1.29 is 9.90 Å². The number of nitrogens with one attached hydrogen (secondary N) is 1. The van der Waals surface area contributed by atoms with Crippen molar-refractivity contribution in [2.75, 3.05) is 5.32 Å². The zero-order valence-corrected chi connectivity index (χ0v) is 10.7. The fourth-order valence-corrected chi connectivity index (χ4v) is 1.55. The molecule has 2 aromatic rings. The molecule has 0 atom stereocenters. The Bertz CT molecular complexity index is 584. The van der Waals surface area contributed by atoms with Gasteiger partial charge in [-0.05, 0) is 26.0 Å². The molecule has 0 bridgehead atoms. The van der Waals surface area contributed by atoms with Gasteiger partial charge in [0, 0.05) is 30.1 Å². The van der Waals surface area contributed by atoms with Crippen LogP contribution in [0.5, 0.6) is 0 Å². The van der Waals surface area contributed by atoms with Crippen LogP contribution < -0.4 is 5.32 Å². The average molecular weight is 258 g/mol. The average Bonchev–Trinajstić information content (AvgIpc) is 2.38. The largest absolute Gasteiger partial charge is 0.477 e. The van der Waals surface area contributed by atoms with Crippen molar-refractivity contribution in [1.82, 2.24) is 15.0 Å². The Kier molecular flexibility index (Phi) is 3.70. The fourth-order valence-electron chi connectivity index (χ4n) is 1.55. The first-order valence-corrected chi connectivity index (χ1v) is 5.85. The zero-order valence-electron chi connectivity index (χ0n) is 10.7. The van der Waals surface area contributed by atoms with Crippen molar-refractivity contribution in [3.63, 3.8) is 0 Å². The van der Waals surface area contributed by atoms with Crippen LogP contribution in [0, 0.1) is 0 Å². The van der Waals surface area contributed by atoms with Crippen molar-refractivity contribution in [1.29, 1.82) is 0 Å². The smallest absolute Gasteiger partial charge is 0.354 e. The minimum atomic E-state index is -1.08. The quantitative estimate of drug-likeness (QED) is 0.872. The van der Waals surface area contributed by atoms with Crippen molar-refractivity contribution in [2.24, 2.45) is 0 Å². The molecule has 0 aliphatic carbocycles. The molecule has 2 rings (SSSR count). The highest BCUT2D eigenvalue weighted by molar-refractivity contribution is 5.86. The molecule has 19 heavy (non-hydrogen) atoms. The summed E-state index contributed by atoms with van der Waals surface area (Å²) in [6.45, 7) is 3.90. The topological polar surface area (TPSA) is 88.0 Å². The molecule has 0 aliphatic rings. The van der Waals surface area contributed by atoms with Crippen LogP contribution in [0.4, 0.5) is 5.82 Å². The van der Waals surface area contributed by atoms with Gasteiger partial charge >= 0.3 is 5.97 Å². The summed E-state index contributed by atoms with van der Waals surface area (Å²) in [5.74, 6) is -0.253. The van der Waals surface area contributed by atoms with Crippen molar-refractivity contribution in [2.45, 2.75) is 19.9 Å². The first-order valence-electron chi connectivity index (χ1n) is 5.85. The van der Waals surface area contributed by atoms with E-state index in [0.717, 1.165) is 0 Å². The van der Waals surface area contributed by atoms with Crippen LogP contribution in [0.1, 0.15) is 24.3 Å². The van der Waals surface area contributed by atoms with E-state index < -0.39 is 5.97 Å². The van der Waals surface area contributed by atoms with Gasteiger partial charge in [0.2, 0.25) is 0 Å². The lowest BCUT2D eigenvalue weighted by molar-refractivity contribution is 0.0690. The summed E-state index contributed by atoms with van der Waals surface area (Å²) in [5, 5.41) is 12.2. The van der Waals surface area contributed by atoms with E-state index in [1.807, 2.05) is 13.8 Å². The number of carbonyl (C=O) groups is 1. The Balaban J connectivity index is 2.48. The molecule has 0 radical (unpaired) electrons. The number of carboxylic acid groups (broad SMARTS) is 1. The summed E-state index contributed by atoms with van der Waals surface area (Å²) >= 11 is 0. The molecule has 6 heteroatoms. The van der Waals surface area contributed by atoms with E-state index in [4.69, 9.17) is 5.11 Å². The first-order chi connectivity index (χ1) is 9.06. The number of nitrogens with zero attached hydrogens (tertiary/aromatic N) is 3. The summed E-state index contributed by atoms with van der Waals surface area (Å²) < 4.78 is 0. The summed E-state index contributed by atoms with van der Waals surface area (Å²) in [5.41, 5.74) is 0.634. The third-order valence-corrected chi connectivity index (χ3v) is 2.30. The number of hydrogen-bond acceptors (Lipinski definition) is 5. The molecule has 0 amide bonds. The number of aromatic nitrogens is 3. The predicted octanol–water partition coefficient (Wildman–Crippen LogP) is 2.06. The number of aromatic carboxylic acids is 1. The number of anilines is 1. The van der Waals surface area contributed by atoms with Gasteiger partial charge in [-0.3, -0.25) is 4.98 Å². The second-order valence-electron chi connectivity index (χ2n) is 4.31. The molecule has 0 saturated carbocycles. The van der Waals surface area contributed by atoms with Gasteiger partial charge in [-0.2, -0.15) is 0 Å². The van der Waals surface area contributed by atoms with Crippen molar-refractivity contribution in [3.8, 4) is 11.4 Å². The van der Waals surface area contributed by atoms with Crippen molar-refractivity contribution >= 4 is 11.8 Å². The highest BCUT2D eigenvalue weighted by Gasteiger charge is 2.12. The van der Waals surface area contributed by atoms with Gasteiger partial charge < -0.3 is 10.4 Å². The van der Waals surface area contributed by atoms with E-state index in [-0.39, 0.29) is 11.7 Å². The summed E-state index contributed by atoms with van der Waals surface area (Å²) in [6.07, 6.45) is 3.23. The number of hydrogen-bond donors (Lipinski definition) is 2. The summed E-state index contributed by atoms with van der Waals surface area (Å²) in [4.78, 5) is 23.4. The van der Waals surface area contributed by atoms with E-state index in [2.05, 4.69) is 20.3 Å². The second-order valence-corrected chi connectivity index (χ2v) is 4.31. The minimum absolute atomic E-state index is 0.0444. The highest BCUT2D eigenvalue weighted by Crippen LogP contribution is 2.17. The van der Waals surface area contributed by atoms with Gasteiger partial charge in [-0.25, -0.2) is 14.8 Å². The van der Waals surface area contributed by atoms with E-state index in [1.54, 1.807) is 24.5 Å². The van der Waals surface area contributed by atoms with Crippen LogP contribution in [0.2, 0.25) is 0 Å². The molecule has 0 unspecified atom stereocenters. The Morgan fingerprint density at radius 3 is 2.74 bits per heavy atom. The van der Waals surface area contributed by atoms with Gasteiger partial charge in [0.05, 0.1) is 0 Å². The van der Waals surface area contributed by atoms with E-state index in [1.165, 1.54) is 6.07 Å². The maximum atomic E-state index is 11.1. The van der Waals surface area contributed by atoms with Gasteiger partial charge in [0.1, 0.15) is 5.82 Å². The Hall–Kier alpha value is -2.50. The molecule has 2 heterocycles. The van der Waals surface area contributed by atoms with Crippen LogP contribution in [0.25, 0.3) is 11.4 Å². The monoisotopic (exact) mass is 258 g/mol. The Morgan fingerprint density at radius 2 is 2.16 bits per heavy atom. The lowest BCUT2D eigenvalue weighted by Gasteiger charge is -2.11. The normalized spacial score (nSPS) is 10.5. The molecule has 0 spiro atoms. The van der Waals surface area contributed by atoms with Gasteiger partial charge in [-0.15, -0.1) is 0 Å². The second kappa shape index (κ2) is 5.43. The van der Waals surface area contributed by atoms with Gasteiger partial charge in [0.15, 0.2) is 11.5 Å². The maximum Gasteiger partial charge on any atom is 0.354 e. The molecule has 6 nitrogen and oxygen atoms in total. The third-order valence-electron chi connectivity index (χ3n) is 2.30. The van der Waals surface area contributed by atoms with Crippen molar-refractivity contribution in [3.05, 3.63) is 36.3 Å². The molecule has 0 fully saturated rings. The molecule has 2 N–H and O–H groups in total. The summed E-state index contributed by atoms with van der Waals surface area (Å²) in [6, 6.07) is 5.11. The van der Waals surface area contributed by atoms with E-state index >= 15 is 0 Å².